The number of carboxylic acids is 1. The third-order valence-corrected chi connectivity index (χ3v) is 4.98. The van der Waals surface area contributed by atoms with Crippen LogP contribution in [0.5, 0.6) is 6.01 Å². The van der Waals surface area contributed by atoms with Gasteiger partial charge in [0.1, 0.15) is 6.61 Å². The zero-order valence-corrected chi connectivity index (χ0v) is 18.9. The fourth-order valence-corrected chi connectivity index (χ4v) is 3.25. The first-order valence-electron chi connectivity index (χ1n) is 10.5. The van der Waals surface area contributed by atoms with Crippen molar-refractivity contribution >= 4 is 35.2 Å². The molecule has 0 aliphatic carbocycles. The molecule has 0 spiro atoms. The van der Waals surface area contributed by atoms with Gasteiger partial charge in [0.2, 0.25) is 11.9 Å². The summed E-state index contributed by atoms with van der Waals surface area (Å²) in [5.74, 6) is -0.302. The van der Waals surface area contributed by atoms with Gasteiger partial charge >= 0.3 is 12.0 Å². The second-order valence-electron chi connectivity index (χ2n) is 7.42. The summed E-state index contributed by atoms with van der Waals surface area (Å²) in [5, 5.41) is 16.0. The molecular formula is C25H22ClN5O3. The van der Waals surface area contributed by atoms with Gasteiger partial charge in [-0.15, -0.1) is 0 Å². The van der Waals surface area contributed by atoms with Crippen LogP contribution in [-0.2, 0) is 24.4 Å². The van der Waals surface area contributed by atoms with Crippen LogP contribution in [0.3, 0.4) is 0 Å². The Kier molecular flexibility index (Phi) is 7.52. The number of nitrogens with zero attached hydrogens (tertiary/aromatic N) is 3. The van der Waals surface area contributed by atoms with E-state index in [1.54, 1.807) is 24.3 Å². The van der Waals surface area contributed by atoms with Crippen LogP contribution in [0.1, 0.15) is 16.7 Å². The van der Waals surface area contributed by atoms with Crippen LogP contribution in [0, 0.1) is 0 Å². The number of nitrogens with one attached hydrogen (secondary N) is 2. The Hall–Kier alpha value is -4.17. The fourth-order valence-electron chi connectivity index (χ4n) is 3.12. The second kappa shape index (κ2) is 11.1. The van der Waals surface area contributed by atoms with Crippen molar-refractivity contribution in [1.29, 1.82) is 0 Å². The van der Waals surface area contributed by atoms with Crippen LogP contribution >= 0.6 is 11.6 Å². The highest BCUT2D eigenvalue weighted by Gasteiger charge is 2.10. The predicted octanol–water partition coefficient (Wildman–Crippen LogP) is 5.09. The Morgan fingerprint density at radius 2 is 1.59 bits per heavy atom. The number of carbonyl (C=O) groups is 1. The number of aromatic nitrogens is 3. The molecule has 4 aromatic rings. The summed E-state index contributed by atoms with van der Waals surface area (Å²) < 4.78 is 5.82. The minimum Gasteiger partial charge on any atom is -0.481 e. The lowest BCUT2D eigenvalue weighted by Gasteiger charge is -2.12. The van der Waals surface area contributed by atoms with Gasteiger partial charge in [-0.25, -0.2) is 0 Å². The molecule has 0 saturated carbocycles. The number of anilines is 3. The van der Waals surface area contributed by atoms with Gasteiger partial charge in [0.05, 0.1) is 6.42 Å². The molecule has 0 fully saturated rings. The Balaban J connectivity index is 1.54. The van der Waals surface area contributed by atoms with Crippen LogP contribution < -0.4 is 15.4 Å². The molecule has 0 aliphatic rings. The molecule has 0 amide bonds. The highest BCUT2D eigenvalue weighted by atomic mass is 35.5. The Labute approximate surface area is 201 Å². The zero-order valence-electron chi connectivity index (χ0n) is 18.1. The molecule has 0 saturated heterocycles. The first kappa shape index (κ1) is 23.0. The van der Waals surface area contributed by atoms with Crippen molar-refractivity contribution in [3.8, 4) is 6.01 Å². The van der Waals surface area contributed by atoms with Crippen LogP contribution in [0.15, 0.2) is 78.9 Å². The van der Waals surface area contributed by atoms with E-state index in [9.17, 15) is 4.79 Å². The summed E-state index contributed by atoms with van der Waals surface area (Å²) in [6.07, 6.45) is -0.0773. The fraction of sp³-hybridized carbons (Fsp3) is 0.120. The van der Waals surface area contributed by atoms with E-state index in [4.69, 9.17) is 21.4 Å². The first-order chi connectivity index (χ1) is 16.5. The third kappa shape index (κ3) is 6.91. The van der Waals surface area contributed by atoms with Crippen molar-refractivity contribution in [3.05, 3.63) is 101 Å². The molecule has 4 rings (SSSR count). The van der Waals surface area contributed by atoms with Gasteiger partial charge in [-0.3, -0.25) is 4.79 Å². The molecule has 0 atom stereocenters. The minimum atomic E-state index is -0.900. The first-order valence-corrected chi connectivity index (χ1v) is 10.9. The summed E-state index contributed by atoms with van der Waals surface area (Å²) in [4.78, 5) is 24.2. The minimum absolute atomic E-state index is 0.0773. The van der Waals surface area contributed by atoms with E-state index < -0.39 is 5.97 Å². The molecule has 0 aliphatic heterocycles. The van der Waals surface area contributed by atoms with Crippen LogP contribution in [0.2, 0.25) is 5.02 Å². The maximum atomic E-state index is 11.0. The molecule has 34 heavy (non-hydrogen) atoms. The summed E-state index contributed by atoms with van der Waals surface area (Å²) in [6.45, 7) is 0.780. The van der Waals surface area contributed by atoms with Crippen LogP contribution in [0.4, 0.5) is 17.6 Å². The Bertz CT molecular complexity index is 1250. The SMILES string of the molecule is O=C(O)Cc1cccc(Nc2nc(NCc3ccc(Cl)cc3)nc(OCc3ccccc3)n2)c1. The van der Waals surface area contributed by atoms with Crippen LogP contribution in [-0.4, -0.2) is 26.0 Å². The summed E-state index contributed by atoms with van der Waals surface area (Å²) in [5.41, 5.74) is 3.30. The van der Waals surface area contributed by atoms with Crippen molar-refractivity contribution in [2.75, 3.05) is 10.6 Å². The lowest BCUT2D eigenvalue weighted by molar-refractivity contribution is -0.136. The number of halogens is 1. The molecule has 8 nitrogen and oxygen atoms in total. The molecule has 9 heteroatoms. The normalized spacial score (nSPS) is 10.5. The van der Waals surface area contributed by atoms with Gasteiger partial charge in [-0.2, -0.15) is 15.0 Å². The topological polar surface area (TPSA) is 109 Å². The number of rotatable bonds is 10. The maximum Gasteiger partial charge on any atom is 0.323 e. The molecule has 0 radical (unpaired) electrons. The zero-order chi connectivity index (χ0) is 23.8. The lowest BCUT2D eigenvalue weighted by Crippen LogP contribution is -2.10. The average molecular weight is 476 g/mol. The number of hydrogen-bond donors (Lipinski definition) is 3. The Morgan fingerprint density at radius 1 is 0.853 bits per heavy atom. The molecule has 0 bridgehead atoms. The van der Waals surface area contributed by atoms with E-state index >= 15 is 0 Å². The third-order valence-electron chi connectivity index (χ3n) is 4.73. The van der Waals surface area contributed by atoms with Gasteiger partial charge in [0, 0.05) is 17.3 Å². The summed E-state index contributed by atoms with van der Waals surface area (Å²) in [6, 6.07) is 24.4. The van der Waals surface area contributed by atoms with Gasteiger partial charge in [0.15, 0.2) is 0 Å². The smallest absolute Gasteiger partial charge is 0.323 e. The quantitative estimate of drug-likeness (QED) is 0.291. The number of aliphatic carboxylic acids is 1. The van der Waals surface area contributed by atoms with E-state index in [1.807, 2.05) is 54.6 Å². The number of carboxylic acid groups (broad SMARTS) is 1. The van der Waals surface area contributed by atoms with E-state index in [-0.39, 0.29) is 18.4 Å². The van der Waals surface area contributed by atoms with Gasteiger partial charge in [-0.1, -0.05) is 66.2 Å². The van der Waals surface area contributed by atoms with E-state index in [1.165, 1.54) is 0 Å². The van der Waals surface area contributed by atoms with Crippen LogP contribution in [0.25, 0.3) is 0 Å². The van der Waals surface area contributed by atoms with Crippen molar-refractivity contribution in [3.63, 3.8) is 0 Å². The van der Waals surface area contributed by atoms with E-state index in [2.05, 4.69) is 25.6 Å². The summed E-state index contributed by atoms with van der Waals surface area (Å²) in [7, 11) is 0. The Morgan fingerprint density at radius 3 is 2.35 bits per heavy atom. The predicted molar refractivity (Wildman–Crippen MR) is 130 cm³/mol. The largest absolute Gasteiger partial charge is 0.481 e. The van der Waals surface area contributed by atoms with Gasteiger partial charge in [0.25, 0.3) is 0 Å². The monoisotopic (exact) mass is 475 g/mol. The number of benzene rings is 3. The van der Waals surface area contributed by atoms with Gasteiger partial charge < -0.3 is 20.5 Å². The standard InChI is InChI=1S/C25H22ClN5O3/c26-20-11-9-17(10-12-20)15-27-23-29-24(28-21-8-4-7-19(13-21)14-22(32)33)31-25(30-23)34-16-18-5-2-1-3-6-18/h1-13H,14-16H2,(H,32,33)(H2,27,28,29,30,31). The van der Waals surface area contributed by atoms with E-state index in [0.29, 0.717) is 35.4 Å². The summed E-state index contributed by atoms with van der Waals surface area (Å²) >= 11 is 5.96. The lowest BCUT2D eigenvalue weighted by atomic mass is 10.1. The molecule has 1 heterocycles. The molecular weight excluding hydrogens is 454 g/mol. The van der Waals surface area contributed by atoms with Crippen molar-refractivity contribution < 1.29 is 14.6 Å². The molecule has 3 aromatic carbocycles. The number of hydrogen-bond acceptors (Lipinski definition) is 7. The van der Waals surface area contributed by atoms with E-state index in [0.717, 1.165) is 11.1 Å². The highest BCUT2D eigenvalue weighted by Crippen LogP contribution is 2.20. The molecule has 3 N–H and O–H groups in total. The van der Waals surface area contributed by atoms with Crippen molar-refractivity contribution in [2.24, 2.45) is 0 Å². The highest BCUT2D eigenvalue weighted by molar-refractivity contribution is 6.30. The molecule has 0 unspecified atom stereocenters. The van der Waals surface area contributed by atoms with Crippen molar-refractivity contribution in [2.45, 2.75) is 19.6 Å². The second-order valence-corrected chi connectivity index (χ2v) is 7.85. The molecule has 172 valence electrons. The van der Waals surface area contributed by atoms with Crippen molar-refractivity contribution in [1.82, 2.24) is 15.0 Å². The average Bonchev–Trinajstić information content (AvgIpc) is 2.83. The maximum absolute atomic E-state index is 11.0. The molecule has 1 aromatic heterocycles. The van der Waals surface area contributed by atoms with Gasteiger partial charge in [-0.05, 0) is 41.0 Å². The number of ether oxygens (including phenoxy) is 1.